The lowest BCUT2D eigenvalue weighted by Gasteiger charge is -2.38. The van der Waals surface area contributed by atoms with E-state index in [1.807, 2.05) is 25.3 Å². The van der Waals surface area contributed by atoms with Crippen LogP contribution < -0.4 is 5.32 Å². The Kier molecular flexibility index (Phi) is 8.43. The van der Waals surface area contributed by atoms with E-state index < -0.39 is 23.6 Å². The highest BCUT2D eigenvalue weighted by molar-refractivity contribution is 5.99. The summed E-state index contributed by atoms with van der Waals surface area (Å²) in [4.78, 5) is 37.7. The minimum absolute atomic E-state index is 0.244. The van der Waals surface area contributed by atoms with E-state index in [-0.39, 0.29) is 18.6 Å². The Morgan fingerprint density at radius 1 is 1.03 bits per heavy atom. The lowest BCUT2D eigenvalue weighted by molar-refractivity contribution is 0.00176. The molecule has 1 fully saturated rings. The van der Waals surface area contributed by atoms with Crippen molar-refractivity contribution in [3.05, 3.63) is 35.5 Å². The minimum atomic E-state index is -0.607. The summed E-state index contributed by atoms with van der Waals surface area (Å²) in [6.07, 6.45) is 0.876. The Morgan fingerprint density at radius 2 is 1.69 bits per heavy atom. The topological polar surface area (TPSA) is 105 Å². The molecular formula is C26H36N2O7. The van der Waals surface area contributed by atoms with Gasteiger partial charge in [0.05, 0.1) is 18.8 Å². The number of amides is 1. The number of ether oxygens (including phenoxy) is 4. The third-order valence-electron chi connectivity index (χ3n) is 5.95. The molecular weight excluding hydrogens is 452 g/mol. The van der Waals surface area contributed by atoms with Crippen molar-refractivity contribution >= 4 is 28.9 Å². The van der Waals surface area contributed by atoms with Crippen LogP contribution >= 0.6 is 0 Å². The van der Waals surface area contributed by atoms with Gasteiger partial charge in [0.25, 0.3) is 0 Å². The van der Waals surface area contributed by atoms with E-state index in [0.29, 0.717) is 50.4 Å². The number of esters is 2. The van der Waals surface area contributed by atoms with Crippen molar-refractivity contribution in [1.29, 1.82) is 0 Å². The van der Waals surface area contributed by atoms with Gasteiger partial charge in [0.2, 0.25) is 0 Å². The van der Waals surface area contributed by atoms with Crippen molar-refractivity contribution in [3.63, 3.8) is 0 Å². The Labute approximate surface area is 206 Å². The summed E-state index contributed by atoms with van der Waals surface area (Å²) in [6, 6.07) is 7.01. The number of hydrogen-bond acceptors (Lipinski definition) is 7. The van der Waals surface area contributed by atoms with Crippen LogP contribution in [-0.2, 0) is 25.5 Å². The van der Waals surface area contributed by atoms with Crippen LogP contribution in [0, 0.1) is 5.41 Å². The molecule has 35 heavy (non-hydrogen) atoms. The number of carbonyl (C=O) groups excluding carboxylic acids is 3. The zero-order chi connectivity index (χ0) is 25.6. The summed E-state index contributed by atoms with van der Waals surface area (Å²) in [5.74, 6) is -0.865. The molecule has 0 unspecified atom stereocenters. The van der Waals surface area contributed by atoms with Crippen molar-refractivity contribution < 1.29 is 33.3 Å². The Morgan fingerprint density at radius 3 is 2.31 bits per heavy atom. The Bertz CT molecular complexity index is 1060. The number of nitrogens with one attached hydrogen (secondary N) is 1. The largest absolute Gasteiger partial charge is 0.462 e. The zero-order valence-electron chi connectivity index (χ0n) is 21.3. The summed E-state index contributed by atoms with van der Waals surface area (Å²) in [5, 5.41) is 3.72. The van der Waals surface area contributed by atoms with Crippen LogP contribution in [-0.4, -0.2) is 61.2 Å². The van der Waals surface area contributed by atoms with Crippen LogP contribution in [0.25, 0.3) is 10.9 Å². The molecule has 0 aliphatic carbocycles. The lowest BCUT2D eigenvalue weighted by atomic mass is 9.79. The number of fused-ring (bicyclic) bond motifs is 1. The first-order valence-corrected chi connectivity index (χ1v) is 12.1. The second-order valence-corrected chi connectivity index (χ2v) is 9.80. The fourth-order valence-electron chi connectivity index (χ4n) is 4.24. The van der Waals surface area contributed by atoms with Crippen molar-refractivity contribution in [2.24, 2.45) is 5.41 Å². The fraction of sp³-hybridized carbons (Fsp3) is 0.577. The monoisotopic (exact) mass is 488 g/mol. The van der Waals surface area contributed by atoms with Gasteiger partial charge in [-0.05, 0) is 65.7 Å². The molecule has 0 bridgehead atoms. The van der Waals surface area contributed by atoms with E-state index >= 15 is 0 Å². The normalized spacial score (nSPS) is 15.5. The molecule has 9 heteroatoms. The maximum absolute atomic E-state index is 12.9. The first kappa shape index (κ1) is 26.5. The third-order valence-corrected chi connectivity index (χ3v) is 5.95. The summed E-state index contributed by atoms with van der Waals surface area (Å²) >= 11 is 0. The van der Waals surface area contributed by atoms with Crippen molar-refractivity contribution in [1.82, 2.24) is 9.88 Å². The van der Waals surface area contributed by atoms with Crippen LogP contribution in [0.1, 0.15) is 68.3 Å². The Hall–Kier alpha value is -3.07. The average molecular weight is 489 g/mol. The van der Waals surface area contributed by atoms with Crippen LogP contribution in [0.15, 0.2) is 24.3 Å². The van der Waals surface area contributed by atoms with Crippen LogP contribution in [0.2, 0.25) is 0 Å². The molecule has 1 aromatic carbocycles. The molecule has 3 rings (SSSR count). The number of hydrogen-bond donors (Lipinski definition) is 1. The molecule has 0 atom stereocenters. The first-order valence-electron chi connectivity index (χ1n) is 12.1. The van der Waals surface area contributed by atoms with Gasteiger partial charge in [-0.25, -0.2) is 14.4 Å². The molecule has 1 N–H and O–H groups in total. The lowest BCUT2D eigenvalue weighted by Crippen LogP contribution is -2.45. The molecule has 0 spiro atoms. The summed E-state index contributed by atoms with van der Waals surface area (Å²) in [6.45, 7) is 11.3. The summed E-state index contributed by atoms with van der Waals surface area (Å²) in [7, 11) is 0. The van der Waals surface area contributed by atoms with E-state index in [1.165, 1.54) is 0 Å². The maximum atomic E-state index is 12.9. The highest BCUT2D eigenvalue weighted by Crippen LogP contribution is 2.35. The van der Waals surface area contributed by atoms with Gasteiger partial charge < -0.3 is 28.8 Å². The van der Waals surface area contributed by atoms with Crippen molar-refractivity contribution in [3.8, 4) is 0 Å². The van der Waals surface area contributed by atoms with Gasteiger partial charge in [0.15, 0.2) is 0 Å². The van der Waals surface area contributed by atoms with Crippen LogP contribution in [0.4, 0.5) is 4.79 Å². The van der Waals surface area contributed by atoms with Crippen LogP contribution in [0.3, 0.4) is 0 Å². The minimum Gasteiger partial charge on any atom is -0.462 e. The number of carbonyl (C=O) groups is 3. The highest BCUT2D eigenvalue weighted by atomic mass is 16.6. The van der Waals surface area contributed by atoms with E-state index in [0.717, 1.165) is 10.9 Å². The van der Waals surface area contributed by atoms with Gasteiger partial charge in [0.1, 0.15) is 11.3 Å². The summed E-state index contributed by atoms with van der Waals surface area (Å²) < 4.78 is 23.4. The number of aromatic nitrogens is 1. The van der Waals surface area contributed by atoms with E-state index in [9.17, 15) is 14.4 Å². The van der Waals surface area contributed by atoms with E-state index in [1.54, 1.807) is 38.1 Å². The predicted molar refractivity (Wildman–Crippen MR) is 131 cm³/mol. The van der Waals surface area contributed by atoms with E-state index in [2.05, 4.69) is 5.32 Å². The molecule has 192 valence electrons. The van der Waals surface area contributed by atoms with Crippen LogP contribution in [0.5, 0.6) is 0 Å². The smallest absolute Gasteiger partial charge is 0.407 e. The van der Waals surface area contributed by atoms with Gasteiger partial charge in [-0.3, -0.25) is 0 Å². The molecule has 1 amide bonds. The summed E-state index contributed by atoms with van der Waals surface area (Å²) in [5.41, 5.74) is 0.529. The number of rotatable bonds is 8. The molecule has 0 saturated carbocycles. The number of nitrogens with zero attached hydrogens (tertiary/aromatic N) is 1. The number of benzene rings is 1. The highest BCUT2D eigenvalue weighted by Gasteiger charge is 2.36. The molecule has 1 aliphatic heterocycles. The second kappa shape index (κ2) is 11.1. The van der Waals surface area contributed by atoms with Gasteiger partial charge in [-0.1, -0.05) is 6.07 Å². The van der Waals surface area contributed by atoms with Gasteiger partial charge >= 0.3 is 18.0 Å². The van der Waals surface area contributed by atoms with E-state index in [4.69, 9.17) is 18.9 Å². The quantitative estimate of drug-likeness (QED) is 0.436. The molecule has 1 aliphatic rings. The fourth-order valence-corrected chi connectivity index (χ4v) is 4.24. The maximum Gasteiger partial charge on any atom is 0.407 e. The van der Waals surface area contributed by atoms with Gasteiger partial charge in [-0.2, -0.15) is 0 Å². The van der Waals surface area contributed by atoms with Crippen molar-refractivity contribution in [2.45, 2.75) is 59.6 Å². The van der Waals surface area contributed by atoms with Gasteiger partial charge in [-0.15, -0.1) is 0 Å². The number of alkyl carbamates (subject to hydrolysis) is 1. The molecule has 1 saturated heterocycles. The zero-order valence-corrected chi connectivity index (χ0v) is 21.3. The molecule has 0 radical (unpaired) electrons. The molecule has 9 nitrogen and oxygen atoms in total. The molecule has 1 aromatic heterocycles. The second-order valence-electron chi connectivity index (χ2n) is 9.80. The Balaban J connectivity index is 2.00. The third kappa shape index (κ3) is 6.75. The van der Waals surface area contributed by atoms with Gasteiger partial charge in [0, 0.05) is 42.6 Å². The SMILES string of the molecule is CCOC(=O)c1ccc2cc(C(=O)OCC)n(CC3(CNC(=O)OC(C)(C)C)CCOCC3)c2c1. The standard InChI is InChI=1S/C26H36N2O7/c1-6-33-22(29)19-9-8-18-14-21(23(30)34-7-2)28(20(18)15-19)17-26(10-12-32-13-11-26)16-27-24(31)35-25(3,4)5/h8-9,14-15H,6-7,10-13,16-17H2,1-5H3,(H,27,31). The van der Waals surface area contributed by atoms with Crippen molar-refractivity contribution in [2.75, 3.05) is 33.0 Å². The predicted octanol–water partition coefficient (Wildman–Crippen LogP) is 4.32. The average Bonchev–Trinajstić information content (AvgIpc) is 3.15. The molecule has 2 heterocycles. The first-order chi connectivity index (χ1) is 16.6. The molecule has 2 aromatic rings.